The molecule has 0 bridgehead atoms. The first-order valence-electron chi connectivity index (χ1n) is 6.45. The molecule has 23 heavy (non-hydrogen) atoms. The van der Waals surface area contributed by atoms with Crippen LogP contribution in [0.25, 0.3) is 0 Å². The molecule has 2 aromatic carbocycles. The molecule has 0 aliphatic rings. The Kier molecular flexibility index (Phi) is 5.27. The summed E-state index contributed by atoms with van der Waals surface area (Å²) in [6, 6.07) is 10.8. The van der Waals surface area contributed by atoms with Crippen LogP contribution in [0.15, 0.2) is 47.5 Å². The number of nitro benzene ring substituents is 1. The third-order valence-corrected chi connectivity index (χ3v) is 3.04. The van der Waals surface area contributed by atoms with Crippen LogP contribution in [0.2, 0.25) is 5.02 Å². The lowest BCUT2D eigenvalue weighted by Crippen LogP contribution is -2.20. The van der Waals surface area contributed by atoms with Crippen LogP contribution >= 0.6 is 11.6 Å². The number of rotatable bonds is 6. The lowest BCUT2D eigenvalue weighted by molar-refractivity contribution is -0.384. The second kappa shape index (κ2) is 7.37. The number of benzene rings is 2. The van der Waals surface area contributed by atoms with Gasteiger partial charge < -0.3 is 10.5 Å². The van der Waals surface area contributed by atoms with E-state index in [1.165, 1.54) is 12.1 Å². The number of hydrogen-bond acceptors (Lipinski definition) is 5. The van der Waals surface area contributed by atoms with E-state index < -0.39 is 10.8 Å². The quantitative estimate of drug-likeness (QED) is 0.498. The largest absolute Gasteiger partial charge is 0.482 e. The SMILES string of the molecule is NC(=O)COc1ccc(C=Nc2ccc([N+](=O)[O-])cc2)cc1Cl. The first kappa shape index (κ1) is 16.4. The minimum Gasteiger partial charge on any atom is -0.482 e. The number of primary amides is 1. The summed E-state index contributed by atoms with van der Waals surface area (Å²) in [4.78, 5) is 25.0. The Morgan fingerprint density at radius 2 is 2.00 bits per heavy atom. The molecule has 0 aromatic heterocycles. The summed E-state index contributed by atoms with van der Waals surface area (Å²) in [5.74, 6) is -0.247. The van der Waals surface area contributed by atoms with Crippen LogP contribution in [0.5, 0.6) is 5.75 Å². The average molecular weight is 334 g/mol. The van der Waals surface area contributed by atoms with Crippen molar-refractivity contribution in [3.8, 4) is 5.75 Å². The molecule has 0 saturated carbocycles. The van der Waals surface area contributed by atoms with Crippen LogP contribution in [0.1, 0.15) is 5.56 Å². The van der Waals surface area contributed by atoms with Crippen molar-refractivity contribution < 1.29 is 14.5 Å². The van der Waals surface area contributed by atoms with E-state index in [0.717, 1.165) is 0 Å². The fourth-order valence-electron chi connectivity index (χ4n) is 1.67. The van der Waals surface area contributed by atoms with Crippen molar-refractivity contribution in [2.24, 2.45) is 10.7 Å². The van der Waals surface area contributed by atoms with E-state index in [1.807, 2.05) is 0 Å². The van der Waals surface area contributed by atoms with Crippen molar-refractivity contribution >= 4 is 35.1 Å². The molecule has 2 N–H and O–H groups in total. The molecule has 0 saturated heterocycles. The van der Waals surface area contributed by atoms with Crippen molar-refractivity contribution in [1.82, 2.24) is 0 Å². The molecule has 0 spiro atoms. The van der Waals surface area contributed by atoms with Crippen molar-refractivity contribution in [2.45, 2.75) is 0 Å². The number of aliphatic imine (C=N–C) groups is 1. The van der Waals surface area contributed by atoms with Gasteiger partial charge in [0.1, 0.15) is 5.75 Å². The molecule has 0 aliphatic carbocycles. The van der Waals surface area contributed by atoms with Crippen molar-refractivity contribution in [3.05, 3.63) is 63.2 Å². The molecule has 2 rings (SSSR count). The molecular weight excluding hydrogens is 322 g/mol. The molecule has 8 heteroatoms. The summed E-state index contributed by atoms with van der Waals surface area (Å²) in [5.41, 5.74) is 6.27. The lowest BCUT2D eigenvalue weighted by atomic mass is 10.2. The first-order chi connectivity index (χ1) is 11.0. The van der Waals surface area contributed by atoms with E-state index >= 15 is 0 Å². The molecule has 0 fully saturated rings. The van der Waals surface area contributed by atoms with Crippen molar-refractivity contribution in [2.75, 3.05) is 6.61 Å². The molecule has 0 aliphatic heterocycles. The van der Waals surface area contributed by atoms with Gasteiger partial charge in [0, 0.05) is 18.3 Å². The minimum atomic E-state index is -0.593. The van der Waals surface area contributed by atoms with E-state index in [0.29, 0.717) is 22.0 Å². The van der Waals surface area contributed by atoms with Crippen LogP contribution in [-0.2, 0) is 4.79 Å². The predicted octanol–water partition coefficient (Wildman–Crippen LogP) is 2.86. The summed E-state index contributed by atoms with van der Waals surface area (Å²) in [5, 5.41) is 10.9. The fraction of sp³-hybridized carbons (Fsp3) is 0.0667. The fourth-order valence-corrected chi connectivity index (χ4v) is 1.92. The van der Waals surface area contributed by atoms with Crippen molar-refractivity contribution in [3.63, 3.8) is 0 Å². The molecule has 0 radical (unpaired) electrons. The molecule has 0 unspecified atom stereocenters. The highest BCUT2D eigenvalue weighted by molar-refractivity contribution is 6.32. The number of non-ortho nitro benzene ring substituents is 1. The Bertz CT molecular complexity index is 760. The highest BCUT2D eigenvalue weighted by Gasteiger charge is 2.05. The van der Waals surface area contributed by atoms with E-state index in [1.54, 1.807) is 36.5 Å². The van der Waals surface area contributed by atoms with Gasteiger partial charge in [0.05, 0.1) is 15.6 Å². The maximum absolute atomic E-state index is 10.7. The van der Waals surface area contributed by atoms with E-state index in [9.17, 15) is 14.9 Å². The maximum atomic E-state index is 10.7. The van der Waals surface area contributed by atoms with Gasteiger partial charge in [-0.25, -0.2) is 0 Å². The summed E-state index contributed by atoms with van der Waals surface area (Å²) in [6.45, 7) is -0.254. The van der Waals surface area contributed by atoms with Gasteiger partial charge in [-0.15, -0.1) is 0 Å². The Hall–Kier alpha value is -2.93. The van der Waals surface area contributed by atoms with Gasteiger partial charge in [0.25, 0.3) is 11.6 Å². The highest BCUT2D eigenvalue weighted by Crippen LogP contribution is 2.25. The van der Waals surface area contributed by atoms with E-state index in [4.69, 9.17) is 22.1 Å². The third kappa shape index (κ3) is 4.79. The summed E-state index contributed by atoms with van der Waals surface area (Å²) in [7, 11) is 0. The van der Waals surface area contributed by atoms with E-state index in [2.05, 4.69) is 4.99 Å². The summed E-state index contributed by atoms with van der Waals surface area (Å²) in [6.07, 6.45) is 1.56. The molecule has 0 atom stereocenters. The topological polar surface area (TPSA) is 108 Å². The molecule has 1 amide bonds. The minimum absolute atomic E-state index is 0.00273. The number of ether oxygens (including phenoxy) is 1. The van der Waals surface area contributed by atoms with Gasteiger partial charge in [-0.1, -0.05) is 11.6 Å². The first-order valence-corrected chi connectivity index (χ1v) is 6.82. The second-order valence-corrected chi connectivity index (χ2v) is 4.88. The number of nitrogens with zero attached hydrogens (tertiary/aromatic N) is 2. The van der Waals surface area contributed by atoms with Gasteiger partial charge in [-0.2, -0.15) is 0 Å². The zero-order valence-corrected chi connectivity index (χ0v) is 12.6. The van der Waals surface area contributed by atoms with Crippen LogP contribution in [0.3, 0.4) is 0 Å². The van der Waals surface area contributed by atoms with Gasteiger partial charge in [0.15, 0.2) is 6.61 Å². The summed E-state index contributed by atoms with van der Waals surface area (Å²) < 4.78 is 5.14. The maximum Gasteiger partial charge on any atom is 0.269 e. The number of carbonyl (C=O) groups is 1. The molecule has 0 heterocycles. The highest BCUT2D eigenvalue weighted by atomic mass is 35.5. The lowest BCUT2D eigenvalue weighted by Gasteiger charge is -2.06. The molecular formula is C15H12ClN3O4. The Labute approximate surface area is 136 Å². The zero-order chi connectivity index (χ0) is 16.8. The van der Waals surface area contributed by atoms with Crippen LogP contribution in [0.4, 0.5) is 11.4 Å². The van der Waals surface area contributed by atoms with E-state index in [-0.39, 0.29) is 12.3 Å². The Morgan fingerprint density at radius 3 is 2.57 bits per heavy atom. The number of hydrogen-bond donors (Lipinski definition) is 1. The van der Waals surface area contributed by atoms with Crippen molar-refractivity contribution in [1.29, 1.82) is 0 Å². The van der Waals surface area contributed by atoms with Crippen LogP contribution in [0, 0.1) is 10.1 Å². The molecule has 7 nitrogen and oxygen atoms in total. The smallest absolute Gasteiger partial charge is 0.269 e. The number of amides is 1. The monoisotopic (exact) mass is 333 g/mol. The molecule has 118 valence electrons. The third-order valence-electron chi connectivity index (χ3n) is 2.75. The van der Waals surface area contributed by atoms with Gasteiger partial charge in [0.2, 0.25) is 0 Å². The van der Waals surface area contributed by atoms with Crippen LogP contribution < -0.4 is 10.5 Å². The standard InChI is InChI=1S/C15H12ClN3O4/c16-13-7-10(1-6-14(13)23-9-15(17)20)8-18-11-2-4-12(5-3-11)19(21)22/h1-8H,9H2,(H2,17,20). The zero-order valence-electron chi connectivity index (χ0n) is 11.8. The Morgan fingerprint density at radius 1 is 1.30 bits per heavy atom. The van der Waals surface area contributed by atoms with Gasteiger partial charge in [-0.05, 0) is 35.9 Å². The van der Waals surface area contributed by atoms with Crippen LogP contribution in [-0.4, -0.2) is 23.7 Å². The molecule has 2 aromatic rings. The number of carbonyl (C=O) groups excluding carboxylic acids is 1. The summed E-state index contributed by atoms with van der Waals surface area (Å²) >= 11 is 6.04. The Balaban J connectivity index is 2.08. The normalized spacial score (nSPS) is 10.7. The van der Waals surface area contributed by atoms with Gasteiger partial charge >= 0.3 is 0 Å². The van der Waals surface area contributed by atoms with Gasteiger partial charge in [-0.3, -0.25) is 19.9 Å². The number of halogens is 1. The number of nitrogens with two attached hydrogens (primary N) is 1. The number of nitro groups is 1. The average Bonchev–Trinajstić information content (AvgIpc) is 2.52. The predicted molar refractivity (Wildman–Crippen MR) is 86.5 cm³/mol. The second-order valence-electron chi connectivity index (χ2n) is 4.48.